The number of aromatic hydroxyl groups is 2. The SMILES string of the molecule is CCCN1CC[C@H]2Cc3c(ccc(O)c3O)C[C@@H]21. The average molecular weight is 247 g/mol. The molecule has 1 heterocycles. The normalized spacial score (nSPS) is 26.9. The maximum Gasteiger partial charge on any atom is 0.160 e. The molecule has 1 saturated heterocycles. The van der Waals surface area contributed by atoms with Gasteiger partial charge in [0.15, 0.2) is 11.5 Å². The van der Waals surface area contributed by atoms with E-state index in [1.165, 1.54) is 31.5 Å². The molecule has 2 N–H and O–H groups in total. The van der Waals surface area contributed by atoms with Crippen molar-refractivity contribution in [3.63, 3.8) is 0 Å². The zero-order valence-electron chi connectivity index (χ0n) is 10.9. The second-order valence-electron chi connectivity index (χ2n) is 5.63. The van der Waals surface area contributed by atoms with Crippen LogP contribution >= 0.6 is 0 Å². The van der Waals surface area contributed by atoms with Gasteiger partial charge in [0.2, 0.25) is 0 Å². The molecule has 1 aromatic carbocycles. The summed E-state index contributed by atoms with van der Waals surface area (Å²) < 4.78 is 0. The standard InChI is InChI=1S/C15H21NO2/c1-2-6-16-7-5-11-8-12-10(9-13(11)16)3-4-14(17)15(12)18/h3-4,11,13,17-18H,2,5-9H2,1H3/t11-,13-/m0/s1. The Morgan fingerprint density at radius 3 is 2.89 bits per heavy atom. The van der Waals surface area contributed by atoms with Crippen molar-refractivity contribution in [2.24, 2.45) is 5.92 Å². The first-order chi connectivity index (χ1) is 8.70. The van der Waals surface area contributed by atoms with E-state index in [0.29, 0.717) is 12.0 Å². The predicted molar refractivity (Wildman–Crippen MR) is 70.9 cm³/mol. The van der Waals surface area contributed by atoms with Gasteiger partial charge in [-0.15, -0.1) is 0 Å². The maximum atomic E-state index is 9.97. The fraction of sp³-hybridized carbons (Fsp3) is 0.600. The Morgan fingerprint density at radius 1 is 1.28 bits per heavy atom. The van der Waals surface area contributed by atoms with Crippen molar-refractivity contribution in [3.05, 3.63) is 23.3 Å². The van der Waals surface area contributed by atoms with Gasteiger partial charge in [0.1, 0.15) is 0 Å². The van der Waals surface area contributed by atoms with Crippen LogP contribution in [0.2, 0.25) is 0 Å². The highest BCUT2D eigenvalue weighted by Gasteiger charge is 2.38. The number of likely N-dealkylation sites (tertiary alicyclic amines) is 1. The molecule has 0 bridgehead atoms. The minimum absolute atomic E-state index is 0.0237. The molecule has 1 aliphatic carbocycles. The highest BCUT2D eigenvalue weighted by molar-refractivity contribution is 5.50. The summed E-state index contributed by atoms with van der Waals surface area (Å²) in [7, 11) is 0. The van der Waals surface area contributed by atoms with Crippen molar-refractivity contribution in [2.45, 2.75) is 38.6 Å². The van der Waals surface area contributed by atoms with Crippen LogP contribution in [-0.4, -0.2) is 34.2 Å². The molecular weight excluding hydrogens is 226 g/mol. The molecule has 1 fully saturated rings. The minimum Gasteiger partial charge on any atom is -0.504 e. The van der Waals surface area contributed by atoms with Crippen LogP contribution in [-0.2, 0) is 12.8 Å². The summed E-state index contributed by atoms with van der Waals surface area (Å²) in [5, 5.41) is 19.6. The predicted octanol–water partition coefficient (Wildman–Crippen LogP) is 2.30. The quantitative estimate of drug-likeness (QED) is 0.788. The molecule has 18 heavy (non-hydrogen) atoms. The Balaban J connectivity index is 1.90. The van der Waals surface area contributed by atoms with Crippen LogP contribution in [0.4, 0.5) is 0 Å². The second kappa shape index (κ2) is 4.47. The lowest BCUT2D eigenvalue weighted by atomic mass is 9.80. The fourth-order valence-electron chi connectivity index (χ4n) is 3.66. The summed E-state index contributed by atoms with van der Waals surface area (Å²) in [4.78, 5) is 2.59. The topological polar surface area (TPSA) is 43.7 Å². The monoisotopic (exact) mass is 247 g/mol. The van der Waals surface area contributed by atoms with Gasteiger partial charge in [0, 0.05) is 11.6 Å². The largest absolute Gasteiger partial charge is 0.504 e. The van der Waals surface area contributed by atoms with Crippen LogP contribution in [0.15, 0.2) is 12.1 Å². The summed E-state index contributed by atoms with van der Waals surface area (Å²) in [5.41, 5.74) is 2.20. The van der Waals surface area contributed by atoms with E-state index in [1.807, 2.05) is 6.07 Å². The van der Waals surface area contributed by atoms with E-state index in [2.05, 4.69) is 11.8 Å². The lowest BCUT2D eigenvalue weighted by Gasteiger charge is -2.33. The zero-order valence-corrected chi connectivity index (χ0v) is 10.9. The van der Waals surface area contributed by atoms with Crippen molar-refractivity contribution in [2.75, 3.05) is 13.1 Å². The Bertz CT molecular complexity index is 458. The Labute approximate surface area is 108 Å². The van der Waals surface area contributed by atoms with Crippen molar-refractivity contribution in [3.8, 4) is 11.5 Å². The lowest BCUT2D eigenvalue weighted by Crippen LogP contribution is -2.38. The third kappa shape index (κ3) is 1.77. The molecule has 3 rings (SSSR count). The maximum absolute atomic E-state index is 9.97. The summed E-state index contributed by atoms with van der Waals surface area (Å²) in [6.07, 6.45) is 4.37. The van der Waals surface area contributed by atoms with Gasteiger partial charge in [-0.3, -0.25) is 4.90 Å². The summed E-state index contributed by atoms with van der Waals surface area (Å²) >= 11 is 0. The van der Waals surface area contributed by atoms with Gasteiger partial charge in [-0.2, -0.15) is 0 Å². The zero-order chi connectivity index (χ0) is 12.7. The molecular formula is C15H21NO2. The third-order valence-electron chi connectivity index (χ3n) is 4.56. The molecule has 0 spiro atoms. The van der Waals surface area contributed by atoms with Gasteiger partial charge in [0.25, 0.3) is 0 Å². The molecule has 0 radical (unpaired) electrons. The van der Waals surface area contributed by atoms with E-state index in [4.69, 9.17) is 0 Å². The molecule has 1 aromatic rings. The molecule has 0 unspecified atom stereocenters. The van der Waals surface area contributed by atoms with E-state index in [1.54, 1.807) is 6.07 Å². The molecule has 98 valence electrons. The summed E-state index contributed by atoms with van der Waals surface area (Å²) in [6.45, 7) is 4.60. The van der Waals surface area contributed by atoms with Crippen molar-refractivity contribution < 1.29 is 10.2 Å². The number of fused-ring (bicyclic) bond motifs is 2. The number of nitrogens with zero attached hydrogens (tertiary/aromatic N) is 1. The molecule has 0 saturated carbocycles. The molecule has 2 atom stereocenters. The molecule has 0 amide bonds. The molecule has 3 heteroatoms. The Kier molecular flexibility index (Phi) is 2.94. The lowest BCUT2D eigenvalue weighted by molar-refractivity contribution is 0.214. The smallest absolute Gasteiger partial charge is 0.160 e. The van der Waals surface area contributed by atoms with Gasteiger partial charge in [-0.25, -0.2) is 0 Å². The number of hydrogen-bond acceptors (Lipinski definition) is 3. The fourth-order valence-corrected chi connectivity index (χ4v) is 3.66. The van der Waals surface area contributed by atoms with Crippen molar-refractivity contribution in [1.82, 2.24) is 4.90 Å². The number of hydrogen-bond donors (Lipinski definition) is 2. The third-order valence-corrected chi connectivity index (χ3v) is 4.56. The Morgan fingerprint density at radius 2 is 2.11 bits per heavy atom. The van der Waals surface area contributed by atoms with Gasteiger partial charge in [-0.1, -0.05) is 13.0 Å². The highest BCUT2D eigenvalue weighted by atomic mass is 16.3. The van der Waals surface area contributed by atoms with E-state index in [-0.39, 0.29) is 11.5 Å². The van der Waals surface area contributed by atoms with Gasteiger partial charge in [0.05, 0.1) is 0 Å². The van der Waals surface area contributed by atoms with Gasteiger partial charge >= 0.3 is 0 Å². The molecule has 0 aromatic heterocycles. The van der Waals surface area contributed by atoms with Crippen molar-refractivity contribution >= 4 is 0 Å². The van der Waals surface area contributed by atoms with Crippen LogP contribution in [0, 0.1) is 5.92 Å². The van der Waals surface area contributed by atoms with E-state index >= 15 is 0 Å². The Hall–Kier alpha value is -1.22. The average Bonchev–Trinajstić information content (AvgIpc) is 2.76. The van der Waals surface area contributed by atoms with Gasteiger partial charge < -0.3 is 10.2 Å². The van der Waals surface area contributed by atoms with Crippen LogP contribution < -0.4 is 0 Å². The van der Waals surface area contributed by atoms with Gasteiger partial charge in [-0.05, 0) is 56.3 Å². The highest BCUT2D eigenvalue weighted by Crippen LogP contribution is 2.41. The first kappa shape index (κ1) is 11.8. The number of rotatable bonds is 2. The van der Waals surface area contributed by atoms with Crippen LogP contribution in [0.3, 0.4) is 0 Å². The summed E-state index contributed by atoms with van der Waals surface area (Å²) in [6, 6.07) is 4.23. The van der Waals surface area contributed by atoms with E-state index < -0.39 is 0 Å². The number of benzene rings is 1. The molecule has 3 nitrogen and oxygen atoms in total. The van der Waals surface area contributed by atoms with Crippen LogP contribution in [0.5, 0.6) is 11.5 Å². The minimum atomic E-state index is 0.0237. The van der Waals surface area contributed by atoms with E-state index in [9.17, 15) is 10.2 Å². The second-order valence-corrected chi connectivity index (χ2v) is 5.63. The van der Waals surface area contributed by atoms with Crippen molar-refractivity contribution in [1.29, 1.82) is 0 Å². The van der Waals surface area contributed by atoms with Crippen LogP contribution in [0.1, 0.15) is 30.9 Å². The summed E-state index contributed by atoms with van der Waals surface area (Å²) in [5.74, 6) is 0.784. The van der Waals surface area contributed by atoms with E-state index in [0.717, 1.165) is 18.4 Å². The first-order valence-electron chi connectivity index (χ1n) is 6.97. The first-order valence-corrected chi connectivity index (χ1v) is 6.97. The van der Waals surface area contributed by atoms with Crippen LogP contribution in [0.25, 0.3) is 0 Å². The molecule has 1 aliphatic heterocycles. The number of phenols is 2. The molecule has 2 aliphatic rings. The number of phenolic OH excluding ortho intramolecular Hbond substituents is 2.